The standard InChI is InChI=1S/C15H16N2O2S/c1-10-9-13(14(19-3)16-11(10)2)17-15(18)20-12-7-5-4-6-8-12/h4-9H,1-3H3,(H,17,18). The number of aromatic nitrogens is 1. The van der Waals surface area contributed by atoms with Gasteiger partial charge in [-0.1, -0.05) is 18.2 Å². The van der Waals surface area contributed by atoms with Gasteiger partial charge in [-0.05, 0) is 49.4 Å². The van der Waals surface area contributed by atoms with E-state index in [1.807, 2.05) is 50.2 Å². The molecule has 0 fully saturated rings. The first-order valence-corrected chi connectivity index (χ1v) is 6.98. The highest BCUT2D eigenvalue weighted by Gasteiger charge is 2.12. The number of hydrogen-bond acceptors (Lipinski definition) is 4. The van der Waals surface area contributed by atoms with Gasteiger partial charge in [0.2, 0.25) is 5.88 Å². The molecule has 4 nitrogen and oxygen atoms in total. The molecular weight excluding hydrogens is 272 g/mol. The maximum Gasteiger partial charge on any atom is 0.288 e. The molecule has 104 valence electrons. The number of carbonyl (C=O) groups excluding carboxylic acids is 1. The Bertz CT molecular complexity index is 615. The predicted octanol–water partition coefficient (Wildman–Crippen LogP) is 4.03. The van der Waals surface area contributed by atoms with Gasteiger partial charge in [0.25, 0.3) is 5.24 Å². The minimum Gasteiger partial charge on any atom is -0.480 e. The van der Waals surface area contributed by atoms with Crippen LogP contribution in [-0.4, -0.2) is 17.3 Å². The van der Waals surface area contributed by atoms with Gasteiger partial charge < -0.3 is 10.1 Å². The van der Waals surface area contributed by atoms with Crippen LogP contribution in [-0.2, 0) is 0 Å². The van der Waals surface area contributed by atoms with Crippen molar-refractivity contribution in [3.8, 4) is 5.88 Å². The lowest BCUT2D eigenvalue weighted by Crippen LogP contribution is -2.08. The third-order valence-corrected chi connectivity index (χ3v) is 3.61. The molecule has 1 aromatic carbocycles. The fourth-order valence-electron chi connectivity index (χ4n) is 1.66. The quantitative estimate of drug-likeness (QED) is 0.866. The van der Waals surface area contributed by atoms with E-state index in [9.17, 15) is 4.79 Å². The number of aryl methyl sites for hydroxylation is 2. The molecular formula is C15H16N2O2S. The first kappa shape index (κ1) is 14.4. The summed E-state index contributed by atoms with van der Waals surface area (Å²) >= 11 is 1.13. The number of rotatable bonds is 3. The van der Waals surface area contributed by atoms with Gasteiger partial charge in [-0.3, -0.25) is 4.79 Å². The molecule has 20 heavy (non-hydrogen) atoms. The minimum atomic E-state index is -0.167. The summed E-state index contributed by atoms with van der Waals surface area (Å²) in [5.74, 6) is 0.426. The number of anilines is 1. The zero-order chi connectivity index (χ0) is 14.5. The number of nitrogens with zero attached hydrogens (tertiary/aromatic N) is 1. The second-order valence-corrected chi connectivity index (χ2v) is 5.32. The van der Waals surface area contributed by atoms with Crippen molar-refractivity contribution < 1.29 is 9.53 Å². The Kier molecular flexibility index (Phi) is 4.63. The molecule has 0 saturated carbocycles. The number of pyridine rings is 1. The lowest BCUT2D eigenvalue weighted by atomic mass is 10.2. The normalized spacial score (nSPS) is 10.2. The number of nitrogens with one attached hydrogen (secondary N) is 1. The van der Waals surface area contributed by atoms with E-state index in [4.69, 9.17) is 4.74 Å². The van der Waals surface area contributed by atoms with Crippen molar-refractivity contribution in [2.45, 2.75) is 18.7 Å². The Morgan fingerprint density at radius 2 is 1.95 bits per heavy atom. The summed E-state index contributed by atoms with van der Waals surface area (Å²) < 4.78 is 5.20. The lowest BCUT2D eigenvalue weighted by molar-refractivity contribution is 0.269. The Labute approximate surface area is 122 Å². The Balaban J connectivity index is 2.13. The maximum atomic E-state index is 12.0. The number of benzene rings is 1. The van der Waals surface area contributed by atoms with Crippen LogP contribution in [0.1, 0.15) is 11.3 Å². The third kappa shape index (κ3) is 3.51. The summed E-state index contributed by atoms with van der Waals surface area (Å²) in [7, 11) is 1.54. The van der Waals surface area contributed by atoms with Gasteiger partial charge in [0.1, 0.15) is 5.69 Å². The summed E-state index contributed by atoms with van der Waals surface area (Å²) in [6, 6.07) is 11.4. The van der Waals surface area contributed by atoms with Gasteiger partial charge in [0.15, 0.2) is 0 Å². The van der Waals surface area contributed by atoms with Gasteiger partial charge in [-0.25, -0.2) is 4.98 Å². The average molecular weight is 288 g/mol. The molecule has 0 bridgehead atoms. The molecule has 2 aromatic rings. The highest BCUT2D eigenvalue weighted by Crippen LogP contribution is 2.27. The molecule has 0 radical (unpaired) electrons. The van der Waals surface area contributed by atoms with Crippen molar-refractivity contribution in [3.05, 3.63) is 47.7 Å². The van der Waals surface area contributed by atoms with E-state index in [-0.39, 0.29) is 5.24 Å². The molecule has 1 amide bonds. The van der Waals surface area contributed by atoms with E-state index in [2.05, 4.69) is 10.3 Å². The van der Waals surface area contributed by atoms with Crippen LogP contribution in [0.3, 0.4) is 0 Å². The van der Waals surface area contributed by atoms with Gasteiger partial charge >= 0.3 is 0 Å². The topological polar surface area (TPSA) is 51.2 Å². The fraction of sp³-hybridized carbons (Fsp3) is 0.200. The average Bonchev–Trinajstić information content (AvgIpc) is 2.43. The summed E-state index contributed by atoms with van der Waals surface area (Å²) in [6.45, 7) is 3.85. The SMILES string of the molecule is COc1nc(C)c(C)cc1NC(=O)Sc1ccccc1. The highest BCUT2D eigenvalue weighted by atomic mass is 32.2. The largest absolute Gasteiger partial charge is 0.480 e. The summed E-state index contributed by atoms with van der Waals surface area (Å²) in [6.07, 6.45) is 0. The van der Waals surface area contributed by atoms with Crippen LogP contribution in [0.2, 0.25) is 0 Å². The van der Waals surface area contributed by atoms with E-state index in [1.165, 1.54) is 7.11 Å². The van der Waals surface area contributed by atoms with Gasteiger partial charge in [-0.2, -0.15) is 0 Å². The van der Waals surface area contributed by atoms with Gasteiger partial charge in [-0.15, -0.1) is 0 Å². The van der Waals surface area contributed by atoms with Crippen LogP contribution < -0.4 is 10.1 Å². The Morgan fingerprint density at radius 1 is 1.25 bits per heavy atom. The first-order chi connectivity index (χ1) is 9.60. The zero-order valence-corrected chi connectivity index (χ0v) is 12.5. The molecule has 5 heteroatoms. The van der Waals surface area contributed by atoms with Crippen LogP contribution in [0.4, 0.5) is 10.5 Å². The molecule has 0 atom stereocenters. The third-order valence-electron chi connectivity index (χ3n) is 2.82. The molecule has 0 saturated heterocycles. The summed E-state index contributed by atoms with van der Waals surface area (Å²) in [5, 5.41) is 2.65. The number of amides is 1. The lowest BCUT2D eigenvalue weighted by Gasteiger charge is -2.11. The second kappa shape index (κ2) is 6.43. The smallest absolute Gasteiger partial charge is 0.288 e. The van der Waals surface area contributed by atoms with E-state index in [1.54, 1.807) is 0 Å². The van der Waals surface area contributed by atoms with Crippen molar-refractivity contribution in [2.75, 3.05) is 12.4 Å². The first-order valence-electron chi connectivity index (χ1n) is 6.16. The molecule has 1 aromatic heterocycles. The van der Waals surface area contributed by atoms with Crippen molar-refractivity contribution in [1.82, 2.24) is 4.98 Å². The van der Waals surface area contributed by atoms with E-state index < -0.39 is 0 Å². The van der Waals surface area contributed by atoms with Crippen LogP contribution in [0.5, 0.6) is 5.88 Å². The molecule has 0 spiro atoms. The molecule has 0 unspecified atom stereocenters. The monoisotopic (exact) mass is 288 g/mol. The summed E-state index contributed by atoms with van der Waals surface area (Å²) in [5.41, 5.74) is 2.48. The number of carbonyl (C=O) groups is 1. The van der Waals surface area contributed by atoms with Crippen LogP contribution in [0.15, 0.2) is 41.3 Å². The van der Waals surface area contributed by atoms with Crippen molar-refractivity contribution in [3.63, 3.8) is 0 Å². The zero-order valence-electron chi connectivity index (χ0n) is 11.6. The number of thioether (sulfide) groups is 1. The van der Waals surface area contributed by atoms with E-state index in [0.29, 0.717) is 11.6 Å². The molecule has 2 rings (SSSR count). The van der Waals surface area contributed by atoms with E-state index in [0.717, 1.165) is 27.9 Å². The minimum absolute atomic E-state index is 0.167. The fourth-order valence-corrected chi connectivity index (χ4v) is 2.33. The number of ether oxygens (including phenoxy) is 1. The Hall–Kier alpha value is -2.01. The molecule has 1 heterocycles. The van der Waals surface area contributed by atoms with Gasteiger partial charge in [0, 0.05) is 10.6 Å². The predicted molar refractivity (Wildman–Crippen MR) is 81.6 cm³/mol. The Morgan fingerprint density at radius 3 is 2.60 bits per heavy atom. The summed E-state index contributed by atoms with van der Waals surface area (Å²) in [4.78, 5) is 17.2. The maximum absolute atomic E-state index is 12.0. The number of hydrogen-bond donors (Lipinski definition) is 1. The highest BCUT2D eigenvalue weighted by molar-refractivity contribution is 8.13. The molecule has 0 aliphatic carbocycles. The molecule has 1 N–H and O–H groups in total. The molecule has 0 aliphatic heterocycles. The van der Waals surface area contributed by atoms with Crippen molar-refractivity contribution >= 4 is 22.7 Å². The second-order valence-electron chi connectivity index (χ2n) is 4.28. The van der Waals surface area contributed by atoms with Crippen molar-refractivity contribution in [1.29, 1.82) is 0 Å². The van der Waals surface area contributed by atoms with Crippen LogP contribution in [0, 0.1) is 13.8 Å². The molecule has 0 aliphatic rings. The number of methoxy groups -OCH3 is 1. The van der Waals surface area contributed by atoms with Gasteiger partial charge in [0.05, 0.1) is 7.11 Å². The van der Waals surface area contributed by atoms with Crippen LogP contribution in [0.25, 0.3) is 0 Å². The van der Waals surface area contributed by atoms with Crippen LogP contribution >= 0.6 is 11.8 Å². The van der Waals surface area contributed by atoms with Crippen molar-refractivity contribution in [2.24, 2.45) is 0 Å². The van der Waals surface area contributed by atoms with E-state index >= 15 is 0 Å².